The number of piperazine rings is 1. The Kier molecular flexibility index (Phi) is 6.27. The molecule has 29 heavy (non-hydrogen) atoms. The molecule has 1 aliphatic rings. The first-order valence-electron chi connectivity index (χ1n) is 9.92. The van der Waals surface area contributed by atoms with E-state index in [-0.39, 0.29) is 11.8 Å². The Morgan fingerprint density at radius 1 is 1.10 bits per heavy atom. The highest BCUT2D eigenvalue weighted by molar-refractivity contribution is 6.03. The third kappa shape index (κ3) is 4.15. The second-order valence-corrected chi connectivity index (χ2v) is 7.55. The van der Waals surface area contributed by atoms with Crippen molar-refractivity contribution in [1.29, 1.82) is 0 Å². The van der Waals surface area contributed by atoms with Gasteiger partial charge in [0.25, 0.3) is 0 Å². The number of aromatic amines is 1. The number of carbonyl (C=O) groups excluding carboxylic acids is 2. The lowest BCUT2D eigenvalue weighted by atomic mass is 10.0. The Morgan fingerprint density at radius 3 is 2.28 bits per heavy atom. The van der Waals surface area contributed by atoms with Gasteiger partial charge in [0.15, 0.2) is 6.04 Å². The number of Topliss-reactive ketones (excluding diaryl/α,β-unsaturated/α-hetero) is 1. The molecule has 2 N–H and O–H groups in total. The lowest BCUT2D eigenvalue weighted by molar-refractivity contribution is -0.914. The Labute approximate surface area is 171 Å². The molecule has 0 radical (unpaired) electrons. The maximum absolute atomic E-state index is 13.1. The van der Waals surface area contributed by atoms with Gasteiger partial charge in [-0.2, -0.15) is 0 Å². The molecule has 0 bridgehead atoms. The van der Waals surface area contributed by atoms with Crippen LogP contribution in [0.1, 0.15) is 39.0 Å². The standard InChI is InChI=1S/C22H29N3O4/c1-14-19(22(27)29-5)15(2)23-20(14)21(26)16(3)24-10-12-25(13-11-24)17-6-8-18(28-4)9-7-17/h6-9,16,23H,10-13H2,1-5H3/p+1/t16-/m1/s1. The van der Waals surface area contributed by atoms with Gasteiger partial charge < -0.3 is 24.3 Å². The zero-order valence-corrected chi connectivity index (χ0v) is 17.8. The number of carbonyl (C=O) groups is 2. The zero-order chi connectivity index (χ0) is 21.1. The molecule has 0 saturated carbocycles. The van der Waals surface area contributed by atoms with Gasteiger partial charge in [0.1, 0.15) is 5.75 Å². The summed E-state index contributed by atoms with van der Waals surface area (Å²) in [4.78, 5) is 31.8. The minimum Gasteiger partial charge on any atom is -0.497 e. The minimum atomic E-state index is -0.414. The fourth-order valence-corrected chi connectivity index (χ4v) is 4.08. The maximum atomic E-state index is 13.1. The molecule has 1 atom stereocenters. The van der Waals surface area contributed by atoms with Crippen LogP contribution in [0.5, 0.6) is 5.75 Å². The molecule has 0 unspecified atom stereocenters. The summed E-state index contributed by atoms with van der Waals surface area (Å²) in [7, 11) is 3.02. The van der Waals surface area contributed by atoms with E-state index in [0.717, 1.165) is 31.9 Å². The van der Waals surface area contributed by atoms with E-state index in [1.165, 1.54) is 17.7 Å². The molecule has 1 saturated heterocycles. The smallest absolute Gasteiger partial charge is 0.339 e. The van der Waals surface area contributed by atoms with Gasteiger partial charge in [-0.25, -0.2) is 4.79 Å². The molecule has 7 nitrogen and oxygen atoms in total. The van der Waals surface area contributed by atoms with Crippen molar-refractivity contribution in [3.05, 3.63) is 46.8 Å². The van der Waals surface area contributed by atoms with Crippen LogP contribution in [0.2, 0.25) is 0 Å². The Hall–Kier alpha value is -2.80. The summed E-state index contributed by atoms with van der Waals surface area (Å²) in [5, 5.41) is 0. The maximum Gasteiger partial charge on any atom is 0.339 e. The monoisotopic (exact) mass is 400 g/mol. The van der Waals surface area contributed by atoms with E-state index in [9.17, 15) is 9.59 Å². The summed E-state index contributed by atoms with van der Waals surface area (Å²) >= 11 is 0. The molecule has 3 rings (SSSR count). The third-order valence-electron chi connectivity index (χ3n) is 5.92. The number of hydrogen-bond acceptors (Lipinski definition) is 5. The highest BCUT2D eigenvalue weighted by Gasteiger charge is 2.33. The van der Waals surface area contributed by atoms with E-state index < -0.39 is 5.97 Å². The van der Waals surface area contributed by atoms with Crippen molar-refractivity contribution in [2.45, 2.75) is 26.8 Å². The van der Waals surface area contributed by atoms with Crippen molar-refractivity contribution in [3.8, 4) is 5.75 Å². The van der Waals surface area contributed by atoms with Crippen molar-refractivity contribution in [3.63, 3.8) is 0 Å². The number of esters is 1. The van der Waals surface area contributed by atoms with Crippen LogP contribution in [0, 0.1) is 13.8 Å². The summed E-state index contributed by atoms with van der Waals surface area (Å²) in [6, 6.07) is 7.89. The van der Waals surface area contributed by atoms with Crippen LogP contribution in [0.25, 0.3) is 0 Å². The Morgan fingerprint density at radius 2 is 1.72 bits per heavy atom. The minimum absolute atomic E-state index is 0.0358. The van der Waals surface area contributed by atoms with Gasteiger partial charge in [0.2, 0.25) is 5.78 Å². The fraction of sp³-hybridized carbons (Fsp3) is 0.455. The molecular formula is C22H30N3O4+. The van der Waals surface area contributed by atoms with Gasteiger partial charge in [-0.05, 0) is 50.6 Å². The van der Waals surface area contributed by atoms with Crippen LogP contribution in [0.15, 0.2) is 24.3 Å². The van der Waals surface area contributed by atoms with Gasteiger partial charge in [-0.1, -0.05) is 0 Å². The van der Waals surface area contributed by atoms with Crippen LogP contribution in [-0.2, 0) is 4.74 Å². The SMILES string of the molecule is COC(=O)c1c(C)[nH]c(C(=O)[C@@H](C)[NH+]2CCN(c3ccc(OC)cc3)CC2)c1C. The summed E-state index contributed by atoms with van der Waals surface area (Å²) in [5.74, 6) is 0.470. The number of quaternary nitrogens is 1. The number of ether oxygens (including phenoxy) is 2. The molecule has 156 valence electrons. The van der Waals surface area contributed by atoms with Crippen LogP contribution in [0.3, 0.4) is 0 Å². The number of rotatable bonds is 6. The van der Waals surface area contributed by atoms with Crippen LogP contribution in [-0.4, -0.2) is 63.2 Å². The van der Waals surface area contributed by atoms with E-state index in [4.69, 9.17) is 9.47 Å². The number of nitrogens with zero attached hydrogens (tertiary/aromatic N) is 1. The largest absolute Gasteiger partial charge is 0.497 e. The normalized spacial score (nSPS) is 15.8. The van der Waals surface area contributed by atoms with Gasteiger partial charge >= 0.3 is 5.97 Å². The first kappa shape index (κ1) is 20.9. The summed E-state index contributed by atoms with van der Waals surface area (Å²) < 4.78 is 10.1. The van der Waals surface area contributed by atoms with Crippen LogP contribution >= 0.6 is 0 Å². The van der Waals surface area contributed by atoms with Crippen molar-refractivity contribution < 1.29 is 24.0 Å². The Bertz CT molecular complexity index is 880. The summed E-state index contributed by atoms with van der Waals surface area (Å²) in [6.45, 7) is 9.08. The van der Waals surface area contributed by atoms with Gasteiger partial charge in [-0.15, -0.1) is 0 Å². The van der Waals surface area contributed by atoms with E-state index in [1.54, 1.807) is 21.0 Å². The quantitative estimate of drug-likeness (QED) is 0.566. The van der Waals surface area contributed by atoms with E-state index in [1.807, 2.05) is 19.1 Å². The number of nitrogens with one attached hydrogen (secondary N) is 2. The predicted molar refractivity (Wildman–Crippen MR) is 111 cm³/mol. The number of H-pyrrole nitrogens is 1. The van der Waals surface area contributed by atoms with Gasteiger partial charge in [-0.3, -0.25) is 4.79 Å². The van der Waals surface area contributed by atoms with Crippen LogP contribution in [0.4, 0.5) is 5.69 Å². The third-order valence-corrected chi connectivity index (χ3v) is 5.92. The Balaban J connectivity index is 1.66. The molecule has 0 aliphatic carbocycles. The molecule has 1 aromatic carbocycles. The number of aryl methyl sites for hydroxylation is 1. The topological polar surface area (TPSA) is 76.1 Å². The number of methoxy groups -OCH3 is 2. The molecular weight excluding hydrogens is 370 g/mol. The molecule has 0 amide bonds. The van der Waals surface area contributed by atoms with Crippen molar-refractivity contribution in [2.75, 3.05) is 45.3 Å². The highest BCUT2D eigenvalue weighted by Crippen LogP contribution is 2.21. The molecule has 2 aromatic rings. The van der Waals surface area contributed by atoms with Crippen molar-refractivity contribution in [2.24, 2.45) is 0 Å². The van der Waals surface area contributed by atoms with Crippen LogP contribution < -0.4 is 14.5 Å². The lowest BCUT2D eigenvalue weighted by Gasteiger charge is -2.36. The fourth-order valence-electron chi connectivity index (χ4n) is 4.08. The number of aromatic nitrogens is 1. The van der Waals surface area contributed by atoms with Crippen molar-refractivity contribution in [1.82, 2.24) is 4.98 Å². The second-order valence-electron chi connectivity index (χ2n) is 7.55. The lowest BCUT2D eigenvalue weighted by Crippen LogP contribution is -3.18. The number of ketones is 1. The summed E-state index contributed by atoms with van der Waals surface area (Å²) in [6.07, 6.45) is 0. The van der Waals surface area contributed by atoms with E-state index in [0.29, 0.717) is 22.5 Å². The van der Waals surface area contributed by atoms with Crippen molar-refractivity contribution >= 4 is 17.4 Å². The molecule has 7 heteroatoms. The zero-order valence-electron chi connectivity index (χ0n) is 17.8. The second kappa shape index (κ2) is 8.69. The first-order chi connectivity index (χ1) is 13.9. The van der Waals surface area contributed by atoms with Gasteiger partial charge in [0, 0.05) is 11.4 Å². The average Bonchev–Trinajstić information content (AvgIpc) is 3.06. The molecule has 1 aromatic heterocycles. The number of benzene rings is 1. The predicted octanol–water partition coefficient (Wildman–Crippen LogP) is 1.40. The molecule has 1 fully saturated rings. The number of hydrogen-bond donors (Lipinski definition) is 2. The highest BCUT2D eigenvalue weighted by atomic mass is 16.5. The average molecular weight is 400 g/mol. The molecule has 2 heterocycles. The van der Waals surface area contributed by atoms with E-state index >= 15 is 0 Å². The molecule has 0 spiro atoms. The van der Waals surface area contributed by atoms with Gasteiger partial charge in [0.05, 0.1) is 51.7 Å². The molecule has 1 aliphatic heterocycles. The summed E-state index contributed by atoms with van der Waals surface area (Å²) in [5.41, 5.74) is 3.48. The number of anilines is 1. The first-order valence-corrected chi connectivity index (χ1v) is 9.92. The van der Waals surface area contributed by atoms with E-state index in [2.05, 4.69) is 22.0 Å².